The molecule has 124 valence electrons. The van der Waals surface area contributed by atoms with Crippen molar-refractivity contribution in [1.82, 2.24) is 15.6 Å². The van der Waals surface area contributed by atoms with Gasteiger partial charge in [-0.05, 0) is 44.2 Å². The van der Waals surface area contributed by atoms with Gasteiger partial charge < -0.3 is 16.0 Å². The van der Waals surface area contributed by atoms with Gasteiger partial charge in [-0.15, -0.1) is 0 Å². The minimum absolute atomic E-state index is 0.129. The van der Waals surface area contributed by atoms with Crippen LogP contribution in [0.3, 0.4) is 0 Å². The molecule has 1 amide bonds. The second kappa shape index (κ2) is 9.61. The fourth-order valence-electron chi connectivity index (χ4n) is 2.50. The minimum Gasteiger partial charge on any atom is -0.356 e. The number of aromatic nitrogens is 1. The van der Waals surface area contributed by atoms with Gasteiger partial charge >= 0.3 is 0 Å². The normalized spacial score (nSPS) is 14.8. The first-order valence-electron chi connectivity index (χ1n) is 8.10. The maximum absolute atomic E-state index is 11.9. The maximum Gasteiger partial charge on any atom is 0.243 e. The summed E-state index contributed by atoms with van der Waals surface area (Å²) in [7, 11) is 1.70. The predicted molar refractivity (Wildman–Crippen MR) is 93.4 cm³/mol. The highest BCUT2D eigenvalue weighted by molar-refractivity contribution is 5.94. The summed E-state index contributed by atoms with van der Waals surface area (Å²) in [4.78, 5) is 20.0. The third-order valence-corrected chi connectivity index (χ3v) is 3.71. The van der Waals surface area contributed by atoms with E-state index >= 15 is 0 Å². The number of rotatable bonds is 6. The summed E-state index contributed by atoms with van der Waals surface area (Å²) in [5.41, 5.74) is 2.21. The van der Waals surface area contributed by atoms with E-state index in [1.807, 2.05) is 0 Å². The first-order valence-corrected chi connectivity index (χ1v) is 8.10. The van der Waals surface area contributed by atoms with Crippen LogP contribution in [0.4, 0.5) is 5.69 Å². The molecule has 1 aliphatic carbocycles. The van der Waals surface area contributed by atoms with Crippen LogP contribution in [0.25, 0.3) is 0 Å². The van der Waals surface area contributed by atoms with E-state index in [4.69, 9.17) is 0 Å². The molecule has 1 aliphatic rings. The number of allylic oxidation sites excluding steroid dienone is 1. The van der Waals surface area contributed by atoms with Crippen molar-refractivity contribution in [2.45, 2.75) is 32.1 Å². The van der Waals surface area contributed by atoms with Crippen LogP contribution in [-0.4, -0.2) is 37.0 Å². The fourth-order valence-corrected chi connectivity index (χ4v) is 2.50. The van der Waals surface area contributed by atoms with E-state index in [-0.39, 0.29) is 12.5 Å². The van der Waals surface area contributed by atoms with Crippen LogP contribution < -0.4 is 16.0 Å². The zero-order valence-corrected chi connectivity index (χ0v) is 13.6. The summed E-state index contributed by atoms with van der Waals surface area (Å²) < 4.78 is 0. The van der Waals surface area contributed by atoms with Crippen LogP contribution in [0.5, 0.6) is 0 Å². The van der Waals surface area contributed by atoms with E-state index in [9.17, 15) is 4.79 Å². The Bertz CT molecular complexity index is 553. The molecule has 1 aromatic rings. The van der Waals surface area contributed by atoms with Crippen molar-refractivity contribution in [3.8, 4) is 0 Å². The standard InChI is InChI=1S/C17H25N5O/c1-18-17(20-11-9-14-6-3-2-4-7-14)21-13-16(23)22-15-8-5-10-19-12-15/h5-6,8,10,12H,2-4,7,9,11,13H2,1H3,(H,22,23)(H2,18,20,21). The Kier molecular flexibility index (Phi) is 7.10. The number of pyridine rings is 1. The third kappa shape index (κ3) is 6.50. The number of nitrogens with one attached hydrogen (secondary N) is 3. The van der Waals surface area contributed by atoms with Gasteiger partial charge in [0.15, 0.2) is 5.96 Å². The van der Waals surface area contributed by atoms with E-state index in [1.165, 1.54) is 31.3 Å². The van der Waals surface area contributed by atoms with Crippen LogP contribution in [-0.2, 0) is 4.79 Å². The highest BCUT2D eigenvalue weighted by Crippen LogP contribution is 2.19. The predicted octanol–water partition coefficient (Wildman–Crippen LogP) is 2.08. The van der Waals surface area contributed by atoms with Crippen LogP contribution in [0, 0.1) is 0 Å². The first-order chi connectivity index (χ1) is 11.3. The van der Waals surface area contributed by atoms with E-state index in [0.717, 1.165) is 13.0 Å². The van der Waals surface area contributed by atoms with Gasteiger partial charge in [-0.25, -0.2) is 0 Å². The first kappa shape index (κ1) is 17.0. The molecule has 2 rings (SSSR count). The lowest BCUT2D eigenvalue weighted by Gasteiger charge is -2.15. The maximum atomic E-state index is 11.9. The van der Waals surface area contributed by atoms with E-state index < -0.39 is 0 Å². The van der Waals surface area contributed by atoms with Crippen molar-refractivity contribution in [2.24, 2.45) is 4.99 Å². The van der Waals surface area contributed by atoms with Crippen molar-refractivity contribution in [3.05, 3.63) is 36.2 Å². The molecule has 0 saturated carbocycles. The number of anilines is 1. The number of carbonyl (C=O) groups excluding carboxylic acids is 1. The molecular formula is C17H25N5O. The Morgan fingerprint density at radius 2 is 2.26 bits per heavy atom. The number of aliphatic imine (C=N–C) groups is 1. The highest BCUT2D eigenvalue weighted by Gasteiger charge is 2.06. The Morgan fingerprint density at radius 1 is 1.35 bits per heavy atom. The second-order valence-electron chi connectivity index (χ2n) is 5.50. The van der Waals surface area contributed by atoms with E-state index in [0.29, 0.717) is 11.6 Å². The number of hydrogen-bond acceptors (Lipinski definition) is 3. The largest absolute Gasteiger partial charge is 0.356 e. The van der Waals surface area contributed by atoms with Crippen LogP contribution >= 0.6 is 0 Å². The summed E-state index contributed by atoms with van der Waals surface area (Å²) in [5, 5.41) is 9.03. The van der Waals surface area contributed by atoms with Crippen LogP contribution in [0.15, 0.2) is 41.2 Å². The highest BCUT2D eigenvalue weighted by atomic mass is 16.1. The van der Waals surface area contributed by atoms with Gasteiger partial charge in [0.25, 0.3) is 0 Å². The molecule has 0 unspecified atom stereocenters. The lowest BCUT2D eigenvalue weighted by Crippen LogP contribution is -2.41. The summed E-state index contributed by atoms with van der Waals surface area (Å²) in [6.07, 6.45) is 11.7. The number of carbonyl (C=O) groups is 1. The van der Waals surface area contributed by atoms with Crippen molar-refractivity contribution in [3.63, 3.8) is 0 Å². The summed E-state index contributed by atoms with van der Waals surface area (Å²) in [6.45, 7) is 0.993. The number of amides is 1. The molecule has 3 N–H and O–H groups in total. The minimum atomic E-state index is -0.129. The number of hydrogen-bond donors (Lipinski definition) is 3. The zero-order valence-electron chi connectivity index (χ0n) is 13.6. The topological polar surface area (TPSA) is 78.4 Å². The number of guanidine groups is 1. The molecule has 0 atom stereocenters. The fraction of sp³-hybridized carbons (Fsp3) is 0.471. The SMILES string of the molecule is CN=C(NCCC1=CCCCC1)NCC(=O)Nc1cccnc1. The molecule has 1 heterocycles. The van der Waals surface area contributed by atoms with Gasteiger partial charge in [0.1, 0.15) is 0 Å². The summed E-state index contributed by atoms with van der Waals surface area (Å²) in [5.74, 6) is 0.513. The average molecular weight is 315 g/mol. The van der Waals surface area contributed by atoms with Crippen LogP contribution in [0.1, 0.15) is 32.1 Å². The Labute approximate surface area is 137 Å². The Balaban J connectivity index is 1.66. The molecule has 23 heavy (non-hydrogen) atoms. The quantitative estimate of drug-likeness (QED) is 0.427. The lowest BCUT2D eigenvalue weighted by molar-refractivity contribution is -0.115. The van der Waals surface area contributed by atoms with Gasteiger partial charge in [-0.3, -0.25) is 14.8 Å². The number of nitrogens with zero attached hydrogens (tertiary/aromatic N) is 2. The molecule has 1 aromatic heterocycles. The Hall–Kier alpha value is -2.37. The monoisotopic (exact) mass is 315 g/mol. The molecule has 0 aliphatic heterocycles. The smallest absolute Gasteiger partial charge is 0.243 e. The summed E-state index contributed by atoms with van der Waals surface area (Å²) in [6, 6.07) is 3.58. The molecule has 0 aromatic carbocycles. The van der Waals surface area contributed by atoms with Gasteiger partial charge in [-0.2, -0.15) is 0 Å². The molecule has 0 spiro atoms. The molecular weight excluding hydrogens is 290 g/mol. The van der Waals surface area contributed by atoms with Crippen LogP contribution in [0.2, 0.25) is 0 Å². The van der Waals surface area contributed by atoms with Crippen molar-refractivity contribution in [2.75, 3.05) is 25.5 Å². The van der Waals surface area contributed by atoms with Gasteiger partial charge in [0.05, 0.1) is 18.4 Å². The third-order valence-electron chi connectivity index (χ3n) is 3.71. The molecule has 0 bridgehead atoms. The molecule has 0 saturated heterocycles. The van der Waals surface area contributed by atoms with E-state index in [2.05, 4.69) is 32.0 Å². The van der Waals surface area contributed by atoms with E-state index in [1.54, 1.807) is 31.6 Å². The zero-order chi connectivity index (χ0) is 16.3. The molecule has 0 radical (unpaired) electrons. The van der Waals surface area contributed by atoms with Crippen molar-refractivity contribution >= 4 is 17.6 Å². The van der Waals surface area contributed by atoms with Crippen molar-refractivity contribution in [1.29, 1.82) is 0 Å². The lowest BCUT2D eigenvalue weighted by atomic mass is 9.97. The summed E-state index contributed by atoms with van der Waals surface area (Å²) >= 11 is 0. The van der Waals surface area contributed by atoms with Gasteiger partial charge in [0, 0.05) is 19.8 Å². The molecule has 6 heteroatoms. The molecule has 6 nitrogen and oxygen atoms in total. The Morgan fingerprint density at radius 3 is 2.96 bits per heavy atom. The van der Waals surface area contributed by atoms with Gasteiger partial charge in [0.2, 0.25) is 5.91 Å². The van der Waals surface area contributed by atoms with Crippen molar-refractivity contribution < 1.29 is 4.79 Å². The average Bonchev–Trinajstić information content (AvgIpc) is 2.59. The second-order valence-corrected chi connectivity index (χ2v) is 5.50. The van der Waals surface area contributed by atoms with Gasteiger partial charge in [-0.1, -0.05) is 11.6 Å². The molecule has 0 fully saturated rings.